The fourth-order valence-electron chi connectivity index (χ4n) is 0.894. The van der Waals surface area contributed by atoms with E-state index in [1.807, 2.05) is 6.92 Å². The van der Waals surface area contributed by atoms with Gasteiger partial charge in [0.2, 0.25) is 0 Å². The predicted molar refractivity (Wildman–Crippen MR) is 63.2 cm³/mol. The molecule has 0 heterocycles. The Bertz CT molecular complexity index is 214. The zero-order chi connectivity index (χ0) is 11.2. The van der Waals surface area contributed by atoms with E-state index in [0.717, 1.165) is 18.2 Å². The predicted octanol–water partition coefficient (Wildman–Crippen LogP) is 3.22. The van der Waals surface area contributed by atoms with Crippen LogP contribution in [0.25, 0.3) is 0 Å². The van der Waals surface area contributed by atoms with Gasteiger partial charge in [0.1, 0.15) is 0 Å². The first kappa shape index (κ1) is 13.4. The Labute approximate surface area is 88.4 Å². The van der Waals surface area contributed by atoms with Crippen LogP contribution in [0.2, 0.25) is 25.7 Å². The Morgan fingerprint density at radius 1 is 1.36 bits per heavy atom. The third-order valence-electron chi connectivity index (χ3n) is 1.99. The molecule has 0 aromatic heterocycles. The fraction of sp³-hybridized carbons (Fsp3) is 0.727. The van der Waals surface area contributed by atoms with Gasteiger partial charge in [-0.15, -0.1) is 0 Å². The molecule has 14 heavy (non-hydrogen) atoms. The Morgan fingerprint density at radius 3 is 2.36 bits per heavy atom. The van der Waals surface area contributed by atoms with Gasteiger partial charge in [0.15, 0.2) is 5.78 Å². The van der Waals surface area contributed by atoms with Gasteiger partial charge >= 0.3 is 0 Å². The third-order valence-corrected chi connectivity index (χ3v) is 3.70. The van der Waals surface area contributed by atoms with Crippen LogP contribution in [0.5, 0.6) is 0 Å². The van der Waals surface area contributed by atoms with Crippen LogP contribution in [0.4, 0.5) is 0 Å². The van der Waals surface area contributed by atoms with Crippen molar-refractivity contribution in [2.45, 2.75) is 46.0 Å². The largest absolute Gasteiger partial charge is 0.501 e. The summed E-state index contributed by atoms with van der Waals surface area (Å²) >= 11 is 0. The minimum atomic E-state index is -1.00. The molecule has 3 heteroatoms. The molecule has 0 N–H and O–H groups in total. The molecule has 0 radical (unpaired) electrons. The van der Waals surface area contributed by atoms with Crippen LogP contribution in [-0.2, 0) is 9.53 Å². The van der Waals surface area contributed by atoms with Crippen molar-refractivity contribution >= 4 is 13.9 Å². The van der Waals surface area contributed by atoms with Crippen molar-refractivity contribution in [2.75, 3.05) is 6.61 Å². The number of carbonyl (C=O) groups is 1. The van der Waals surface area contributed by atoms with Crippen molar-refractivity contribution in [2.24, 2.45) is 0 Å². The first-order valence-electron chi connectivity index (χ1n) is 5.18. The molecule has 0 rings (SSSR count). The molecule has 0 saturated heterocycles. The smallest absolute Gasteiger partial charge is 0.161 e. The normalized spacial score (nSPS) is 12.8. The second kappa shape index (κ2) is 6.01. The number of ether oxygens (including phenoxy) is 1. The molecule has 0 spiro atoms. The van der Waals surface area contributed by atoms with Crippen LogP contribution in [0.3, 0.4) is 0 Å². The molecule has 0 bridgehead atoms. The SMILES string of the molecule is CCC(=O)/C(C)=C/OCC[Si](C)(C)C. The molecule has 0 aliphatic heterocycles. The summed E-state index contributed by atoms with van der Waals surface area (Å²) < 4.78 is 5.35. The van der Waals surface area contributed by atoms with E-state index in [1.165, 1.54) is 0 Å². The minimum Gasteiger partial charge on any atom is -0.501 e. The maximum Gasteiger partial charge on any atom is 0.161 e. The van der Waals surface area contributed by atoms with E-state index < -0.39 is 8.07 Å². The molecule has 0 unspecified atom stereocenters. The van der Waals surface area contributed by atoms with Gasteiger partial charge < -0.3 is 4.74 Å². The third kappa shape index (κ3) is 6.89. The fourth-order valence-corrected chi connectivity index (χ4v) is 1.62. The van der Waals surface area contributed by atoms with Crippen LogP contribution in [-0.4, -0.2) is 20.5 Å². The quantitative estimate of drug-likeness (QED) is 0.294. The van der Waals surface area contributed by atoms with Gasteiger partial charge in [-0.1, -0.05) is 26.6 Å². The molecular weight excluding hydrogens is 192 g/mol. The molecule has 0 aliphatic carbocycles. The lowest BCUT2D eigenvalue weighted by Crippen LogP contribution is -2.21. The molecule has 2 nitrogen and oxygen atoms in total. The van der Waals surface area contributed by atoms with Gasteiger partial charge in [-0.05, 0) is 13.0 Å². The van der Waals surface area contributed by atoms with E-state index >= 15 is 0 Å². The highest BCUT2D eigenvalue weighted by Gasteiger charge is 2.11. The number of allylic oxidation sites excluding steroid dienone is 1. The van der Waals surface area contributed by atoms with Crippen LogP contribution in [0.15, 0.2) is 11.8 Å². The van der Waals surface area contributed by atoms with E-state index in [1.54, 1.807) is 13.2 Å². The maximum absolute atomic E-state index is 11.2. The van der Waals surface area contributed by atoms with E-state index in [0.29, 0.717) is 6.42 Å². The van der Waals surface area contributed by atoms with Crippen molar-refractivity contribution in [3.63, 3.8) is 0 Å². The number of hydrogen-bond acceptors (Lipinski definition) is 2. The summed E-state index contributed by atoms with van der Waals surface area (Å²) in [6, 6.07) is 1.14. The Kier molecular flexibility index (Phi) is 5.77. The summed E-state index contributed by atoms with van der Waals surface area (Å²) in [5.74, 6) is 0.165. The highest BCUT2D eigenvalue weighted by Crippen LogP contribution is 2.08. The highest BCUT2D eigenvalue weighted by atomic mass is 28.3. The van der Waals surface area contributed by atoms with E-state index in [-0.39, 0.29) is 5.78 Å². The second-order valence-electron chi connectivity index (χ2n) is 4.76. The molecule has 0 fully saturated rings. The van der Waals surface area contributed by atoms with Gasteiger partial charge in [0.05, 0.1) is 12.9 Å². The van der Waals surface area contributed by atoms with Crippen LogP contribution < -0.4 is 0 Å². The van der Waals surface area contributed by atoms with E-state index in [4.69, 9.17) is 4.74 Å². The van der Waals surface area contributed by atoms with E-state index in [2.05, 4.69) is 19.6 Å². The summed E-state index contributed by atoms with van der Waals surface area (Å²) in [6.45, 7) is 11.3. The summed E-state index contributed by atoms with van der Waals surface area (Å²) in [5.41, 5.74) is 0.725. The maximum atomic E-state index is 11.2. The molecule has 0 saturated carbocycles. The Morgan fingerprint density at radius 2 is 1.93 bits per heavy atom. The zero-order valence-electron chi connectivity index (χ0n) is 10.0. The van der Waals surface area contributed by atoms with Crippen LogP contribution in [0.1, 0.15) is 20.3 Å². The van der Waals surface area contributed by atoms with Crippen molar-refractivity contribution in [1.82, 2.24) is 0 Å². The summed E-state index contributed by atoms with van der Waals surface area (Å²) in [7, 11) is -1.00. The van der Waals surface area contributed by atoms with Gasteiger partial charge in [-0.25, -0.2) is 0 Å². The van der Waals surface area contributed by atoms with Gasteiger partial charge in [-0.2, -0.15) is 0 Å². The van der Waals surface area contributed by atoms with E-state index in [9.17, 15) is 4.79 Å². The summed E-state index contributed by atoms with van der Waals surface area (Å²) in [5, 5.41) is 0. The number of Topliss-reactive ketones (excluding diaryl/α,β-unsaturated/α-hetero) is 1. The number of rotatable bonds is 6. The summed E-state index contributed by atoms with van der Waals surface area (Å²) in [6.07, 6.45) is 2.16. The zero-order valence-corrected chi connectivity index (χ0v) is 11.0. The molecule has 0 atom stereocenters. The lowest BCUT2D eigenvalue weighted by Gasteiger charge is -2.14. The molecule has 0 amide bonds. The Balaban J connectivity index is 3.77. The van der Waals surface area contributed by atoms with Gasteiger partial charge in [-0.3, -0.25) is 4.79 Å². The average Bonchev–Trinajstić information content (AvgIpc) is 2.09. The number of ketones is 1. The van der Waals surface area contributed by atoms with Gasteiger partial charge in [0, 0.05) is 20.1 Å². The Hall–Kier alpha value is -0.573. The topological polar surface area (TPSA) is 26.3 Å². The molecule has 82 valence electrons. The average molecular weight is 214 g/mol. The number of carbonyl (C=O) groups excluding carboxylic acids is 1. The standard InChI is InChI=1S/C11H22O2Si/c1-6-11(12)10(2)9-13-7-8-14(3,4)5/h9H,6-8H2,1-5H3/b10-9+. The minimum absolute atomic E-state index is 0.165. The van der Waals surface area contributed by atoms with Crippen molar-refractivity contribution in [3.8, 4) is 0 Å². The van der Waals surface area contributed by atoms with Crippen molar-refractivity contribution in [1.29, 1.82) is 0 Å². The monoisotopic (exact) mass is 214 g/mol. The molecular formula is C11H22O2Si. The summed E-state index contributed by atoms with van der Waals surface area (Å²) in [4.78, 5) is 11.2. The van der Waals surface area contributed by atoms with Crippen molar-refractivity contribution in [3.05, 3.63) is 11.8 Å². The molecule has 0 aromatic carbocycles. The molecule has 0 aromatic rings. The highest BCUT2D eigenvalue weighted by molar-refractivity contribution is 6.76. The second-order valence-corrected chi connectivity index (χ2v) is 10.4. The first-order valence-corrected chi connectivity index (χ1v) is 8.89. The first-order chi connectivity index (χ1) is 6.37. The number of hydrogen-bond donors (Lipinski definition) is 0. The molecule has 0 aliphatic rings. The van der Waals surface area contributed by atoms with Crippen LogP contribution >= 0.6 is 0 Å². The van der Waals surface area contributed by atoms with Crippen LogP contribution in [0, 0.1) is 0 Å². The lowest BCUT2D eigenvalue weighted by molar-refractivity contribution is -0.115. The van der Waals surface area contributed by atoms with Gasteiger partial charge in [0.25, 0.3) is 0 Å². The lowest BCUT2D eigenvalue weighted by atomic mass is 10.2. The van der Waals surface area contributed by atoms with Crippen molar-refractivity contribution < 1.29 is 9.53 Å².